The molecule has 0 radical (unpaired) electrons. The van der Waals surface area contributed by atoms with E-state index in [1.54, 1.807) is 6.92 Å². The molecule has 1 aliphatic heterocycles. The summed E-state index contributed by atoms with van der Waals surface area (Å²) in [5.41, 5.74) is 0.308. The van der Waals surface area contributed by atoms with E-state index in [0.717, 1.165) is 0 Å². The number of fused-ring (bicyclic) bond motifs is 1. The van der Waals surface area contributed by atoms with E-state index in [2.05, 4.69) is 20.6 Å². The van der Waals surface area contributed by atoms with Gasteiger partial charge in [0.05, 0.1) is 22.3 Å². The lowest BCUT2D eigenvalue weighted by Crippen LogP contribution is -2.49. The van der Waals surface area contributed by atoms with Crippen molar-refractivity contribution >= 4 is 39.2 Å². The molecule has 2 N–H and O–H groups in total. The summed E-state index contributed by atoms with van der Waals surface area (Å²) >= 11 is 5.97. The number of nitrogens with zero attached hydrogens (tertiary/aromatic N) is 4. The molecular formula is C16H13ClN6O4S. The first-order valence-corrected chi connectivity index (χ1v) is 9.69. The Morgan fingerprint density at radius 2 is 2.07 bits per heavy atom. The van der Waals surface area contributed by atoms with Crippen LogP contribution in [-0.4, -0.2) is 41.2 Å². The fourth-order valence-electron chi connectivity index (χ4n) is 2.52. The number of amides is 3. The second-order valence-electron chi connectivity index (χ2n) is 5.79. The van der Waals surface area contributed by atoms with Crippen molar-refractivity contribution in [2.75, 3.05) is 11.9 Å². The molecule has 0 saturated heterocycles. The number of nitriles is 1. The maximum atomic E-state index is 12.7. The number of benzene rings is 1. The van der Waals surface area contributed by atoms with Crippen LogP contribution in [0.15, 0.2) is 35.5 Å². The summed E-state index contributed by atoms with van der Waals surface area (Å²) in [5, 5.41) is 13.6. The molecule has 3 amide bonds. The third-order valence-electron chi connectivity index (χ3n) is 3.84. The van der Waals surface area contributed by atoms with Crippen LogP contribution in [0, 0.1) is 11.3 Å². The Kier molecular flexibility index (Phi) is 5.17. The largest absolute Gasteiger partial charge is 0.345 e. The molecule has 0 fully saturated rings. The minimum absolute atomic E-state index is 0.0495. The van der Waals surface area contributed by atoms with Gasteiger partial charge in [-0.15, -0.1) is 0 Å². The second-order valence-corrected chi connectivity index (χ2v) is 8.00. The quantitative estimate of drug-likeness (QED) is 0.760. The van der Waals surface area contributed by atoms with Crippen LogP contribution < -0.4 is 10.6 Å². The first kappa shape index (κ1) is 19.5. The lowest BCUT2D eigenvalue weighted by molar-refractivity contribution is -0.121. The van der Waals surface area contributed by atoms with E-state index < -0.39 is 34.5 Å². The van der Waals surface area contributed by atoms with Gasteiger partial charge in [-0.3, -0.25) is 4.79 Å². The maximum Gasteiger partial charge on any atom is 0.336 e. The van der Waals surface area contributed by atoms with Crippen molar-refractivity contribution in [3.05, 3.63) is 47.0 Å². The van der Waals surface area contributed by atoms with Crippen LogP contribution in [0.5, 0.6) is 0 Å². The number of urea groups is 1. The van der Waals surface area contributed by atoms with Gasteiger partial charge in [-0.25, -0.2) is 27.5 Å². The van der Waals surface area contributed by atoms with Crippen molar-refractivity contribution < 1.29 is 18.0 Å². The highest BCUT2D eigenvalue weighted by atomic mass is 35.5. The summed E-state index contributed by atoms with van der Waals surface area (Å²) in [4.78, 5) is 32.2. The minimum atomic E-state index is -4.31. The fourth-order valence-corrected chi connectivity index (χ4v) is 4.47. The first-order chi connectivity index (χ1) is 13.2. The van der Waals surface area contributed by atoms with E-state index in [-0.39, 0.29) is 27.0 Å². The smallest absolute Gasteiger partial charge is 0.336 e. The van der Waals surface area contributed by atoms with Gasteiger partial charge < -0.3 is 10.6 Å². The minimum Gasteiger partial charge on any atom is -0.345 e. The van der Waals surface area contributed by atoms with Gasteiger partial charge in [0, 0.05) is 12.4 Å². The van der Waals surface area contributed by atoms with Crippen LogP contribution in [-0.2, 0) is 14.8 Å². The van der Waals surface area contributed by atoms with E-state index in [1.807, 2.05) is 6.07 Å². The molecule has 0 aliphatic carbocycles. The highest BCUT2D eigenvalue weighted by Gasteiger charge is 2.39. The molecule has 144 valence electrons. The zero-order valence-corrected chi connectivity index (χ0v) is 16.0. The van der Waals surface area contributed by atoms with Crippen LogP contribution in [0.25, 0.3) is 0 Å². The van der Waals surface area contributed by atoms with Gasteiger partial charge in [0.25, 0.3) is 10.0 Å². The molecular weight excluding hydrogens is 408 g/mol. The standard InChI is InChI=1S/C16H13ClN6O4S/c1-9(15-19-6-10(5-18)7-20-15)21-13(24)8-23-16(25)22-12-4-2-3-11(17)14(12)28(23,26)27/h2-4,6-7,9H,8H2,1H3,(H,21,24)(H,22,25)/t9-/m1/s1. The molecule has 12 heteroatoms. The molecule has 1 aliphatic rings. The third kappa shape index (κ3) is 3.60. The number of hydrogen-bond acceptors (Lipinski definition) is 7. The number of sulfonamides is 1. The van der Waals surface area contributed by atoms with Crippen molar-refractivity contribution in [3.63, 3.8) is 0 Å². The summed E-state index contributed by atoms with van der Waals surface area (Å²) in [6.07, 6.45) is 2.60. The Balaban J connectivity index is 1.77. The van der Waals surface area contributed by atoms with Crippen LogP contribution in [0.1, 0.15) is 24.4 Å². The summed E-state index contributed by atoms with van der Waals surface area (Å²) < 4.78 is 25.9. The lowest BCUT2D eigenvalue weighted by Gasteiger charge is -2.29. The highest BCUT2D eigenvalue weighted by molar-refractivity contribution is 7.90. The van der Waals surface area contributed by atoms with Crippen molar-refractivity contribution in [2.24, 2.45) is 0 Å². The summed E-state index contributed by atoms with van der Waals surface area (Å²) in [5.74, 6) is -0.513. The molecule has 0 unspecified atom stereocenters. The molecule has 10 nitrogen and oxygen atoms in total. The molecule has 1 aromatic carbocycles. The molecule has 2 heterocycles. The van der Waals surface area contributed by atoms with Gasteiger partial charge >= 0.3 is 6.03 Å². The highest BCUT2D eigenvalue weighted by Crippen LogP contribution is 2.35. The van der Waals surface area contributed by atoms with Gasteiger partial charge in [0.15, 0.2) is 0 Å². The Morgan fingerprint density at radius 3 is 2.71 bits per heavy atom. The van der Waals surface area contributed by atoms with Crippen molar-refractivity contribution in [3.8, 4) is 6.07 Å². The second kappa shape index (κ2) is 7.41. The van der Waals surface area contributed by atoms with Gasteiger partial charge in [0.1, 0.15) is 23.3 Å². The lowest BCUT2D eigenvalue weighted by atomic mass is 10.3. The molecule has 1 aromatic heterocycles. The normalized spacial score (nSPS) is 15.8. The third-order valence-corrected chi connectivity index (χ3v) is 6.09. The Morgan fingerprint density at radius 1 is 1.39 bits per heavy atom. The van der Waals surface area contributed by atoms with E-state index in [1.165, 1.54) is 30.6 Å². The number of carbonyl (C=O) groups is 2. The Bertz CT molecular complexity index is 1100. The van der Waals surface area contributed by atoms with Gasteiger partial charge in [0.2, 0.25) is 5.91 Å². The van der Waals surface area contributed by atoms with Gasteiger partial charge in [-0.2, -0.15) is 5.26 Å². The number of rotatable bonds is 4. The van der Waals surface area contributed by atoms with Crippen molar-refractivity contribution in [2.45, 2.75) is 17.9 Å². The number of anilines is 1. The van der Waals surface area contributed by atoms with Crippen LogP contribution >= 0.6 is 11.6 Å². The van der Waals surface area contributed by atoms with Crippen LogP contribution in [0.3, 0.4) is 0 Å². The van der Waals surface area contributed by atoms with Gasteiger partial charge in [-0.05, 0) is 19.1 Å². The number of carbonyl (C=O) groups excluding carboxylic acids is 2. The fraction of sp³-hybridized carbons (Fsp3) is 0.188. The van der Waals surface area contributed by atoms with Gasteiger partial charge in [-0.1, -0.05) is 17.7 Å². The predicted molar refractivity (Wildman–Crippen MR) is 97.7 cm³/mol. The molecule has 0 bridgehead atoms. The average Bonchev–Trinajstić information content (AvgIpc) is 2.64. The molecule has 3 rings (SSSR count). The number of halogens is 1. The summed E-state index contributed by atoms with van der Waals surface area (Å²) in [7, 11) is -4.31. The summed E-state index contributed by atoms with van der Waals surface area (Å²) in [6.45, 7) is 0.829. The maximum absolute atomic E-state index is 12.7. The molecule has 28 heavy (non-hydrogen) atoms. The van der Waals surface area contributed by atoms with E-state index >= 15 is 0 Å². The van der Waals surface area contributed by atoms with E-state index in [0.29, 0.717) is 4.31 Å². The molecule has 0 saturated carbocycles. The molecule has 1 atom stereocenters. The van der Waals surface area contributed by atoms with Crippen LogP contribution in [0.4, 0.5) is 10.5 Å². The molecule has 2 aromatic rings. The van der Waals surface area contributed by atoms with Crippen molar-refractivity contribution in [1.29, 1.82) is 5.26 Å². The number of hydrogen-bond donors (Lipinski definition) is 2. The topological polar surface area (TPSA) is 145 Å². The first-order valence-electron chi connectivity index (χ1n) is 7.87. The molecule has 0 spiro atoms. The number of nitrogens with one attached hydrogen (secondary N) is 2. The SMILES string of the molecule is C[C@@H](NC(=O)CN1C(=O)Nc2cccc(Cl)c2S1(=O)=O)c1ncc(C#N)cn1. The number of aromatic nitrogens is 2. The zero-order valence-electron chi connectivity index (χ0n) is 14.4. The van der Waals surface area contributed by atoms with Crippen LogP contribution in [0.2, 0.25) is 5.02 Å². The Hall–Kier alpha value is -3.23. The van der Waals surface area contributed by atoms with E-state index in [9.17, 15) is 18.0 Å². The zero-order chi connectivity index (χ0) is 20.5. The summed E-state index contributed by atoms with van der Waals surface area (Å²) in [6, 6.07) is 4.51. The Labute approximate surface area is 165 Å². The average molecular weight is 421 g/mol. The van der Waals surface area contributed by atoms with Crippen molar-refractivity contribution in [1.82, 2.24) is 19.6 Å². The van der Waals surface area contributed by atoms with E-state index in [4.69, 9.17) is 16.9 Å². The monoisotopic (exact) mass is 420 g/mol. The predicted octanol–water partition coefficient (Wildman–Crippen LogP) is 1.42.